The van der Waals surface area contributed by atoms with Gasteiger partial charge in [0.05, 0.1) is 19.8 Å². The van der Waals surface area contributed by atoms with E-state index in [4.69, 9.17) is 9.47 Å². The molecule has 0 heterocycles. The van der Waals surface area contributed by atoms with Gasteiger partial charge in [-0.1, -0.05) is 18.9 Å². The zero-order chi connectivity index (χ0) is 18.1. The highest BCUT2D eigenvalue weighted by Gasteiger charge is 2.41. The SMILES string of the molecule is COC1=CCC([C@@H]2Cc3cc(C=O)c(OC)cc3[C@@H]3CCCC[C@@H]32)C=C1. The first-order chi connectivity index (χ1) is 12.7. The summed E-state index contributed by atoms with van der Waals surface area (Å²) >= 11 is 0. The fourth-order valence-corrected chi connectivity index (χ4v) is 5.47. The first-order valence-electron chi connectivity index (χ1n) is 9.83. The minimum Gasteiger partial charge on any atom is -0.497 e. The van der Waals surface area contributed by atoms with Crippen molar-refractivity contribution in [2.75, 3.05) is 14.2 Å². The van der Waals surface area contributed by atoms with E-state index >= 15 is 0 Å². The Labute approximate surface area is 156 Å². The quantitative estimate of drug-likeness (QED) is 0.711. The summed E-state index contributed by atoms with van der Waals surface area (Å²) in [5, 5.41) is 0. The van der Waals surface area contributed by atoms with E-state index < -0.39 is 0 Å². The molecule has 0 spiro atoms. The lowest BCUT2D eigenvalue weighted by molar-refractivity contribution is 0.111. The molecule has 0 radical (unpaired) electrons. The van der Waals surface area contributed by atoms with Gasteiger partial charge in [0, 0.05) is 0 Å². The first-order valence-corrected chi connectivity index (χ1v) is 9.83. The van der Waals surface area contributed by atoms with Gasteiger partial charge < -0.3 is 9.47 Å². The average Bonchev–Trinajstić information content (AvgIpc) is 2.72. The van der Waals surface area contributed by atoms with Gasteiger partial charge in [-0.3, -0.25) is 4.79 Å². The minimum atomic E-state index is 0.564. The van der Waals surface area contributed by atoms with Crippen LogP contribution in [0.2, 0.25) is 0 Å². The van der Waals surface area contributed by atoms with Crippen molar-refractivity contribution in [1.29, 1.82) is 0 Å². The maximum atomic E-state index is 11.5. The number of carbonyl (C=O) groups excluding carboxylic acids is 1. The summed E-state index contributed by atoms with van der Waals surface area (Å²) in [4.78, 5) is 11.5. The summed E-state index contributed by atoms with van der Waals surface area (Å²) in [6, 6.07) is 4.24. The lowest BCUT2D eigenvalue weighted by Gasteiger charge is -2.45. The van der Waals surface area contributed by atoms with E-state index in [-0.39, 0.29) is 0 Å². The number of hydrogen-bond donors (Lipinski definition) is 0. The normalized spacial score (nSPS) is 30.0. The molecular weight excluding hydrogens is 324 g/mol. The van der Waals surface area contributed by atoms with Crippen LogP contribution in [-0.2, 0) is 11.2 Å². The molecule has 0 aliphatic heterocycles. The monoisotopic (exact) mass is 352 g/mol. The van der Waals surface area contributed by atoms with Crippen molar-refractivity contribution >= 4 is 6.29 Å². The van der Waals surface area contributed by atoms with Crippen molar-refractivity contribution in [2.45, 2.75) is 44.4 Å². The average molecular weight is 352 g/mol. The number of hydrogen-bond acceptors (Lipinski definition) is 3. The molecule has 0 bridgehead atoms. The van der Waals surface area contributed by atoms with Gasteiger partial charge in [0.1, 0.15) is 11.5 Å². The van der Waals surface area contributed by atoms with Crippen molar-refractivity contribution in [2.24, 2.45) is 17.8 Å². The highest BCUT2D eigenvalue weighted by Crippen LogP contribution is 2.52. The first kappa shape index (κ1) is 17.4. The van der Waals surface area contributed by atoms with Crippen LogP contribution in [0.15, 0.2) is 36.1 Å². The maximum Gasteiger partial charge on any atom is 0.153 e. The van der Waals surface area contributed by atoms with Gasteiger partial charge in [-0.25, -0.2) is 0 Å². The lowest BCUT2D eigenvalue weighted by Crippen LogP contribution is -2.36. The van der Waals surface area contributed by atoms with Gasteiger partial charge in [-0.15, -0.1) is 0 Å². The van der Waals surface area contributed by atoms with Crippen LogP contribution in [0.25, 0.3) is 0 Å². The van der Waals surface area contributed by atoms with Crippen LogP contribution in [0.3, 0.4) is 0 Å². The van der Waals surface area contributed by atoms with Crippen molar-refractivity contribution < 1.29 is 14.3 Å². The smallest absolute Gasteiger partial charge is 0.153 e. The second kappa shape index (κ2) is 7.30. The molecule has 0 aromatic heterocycles. The van der Waals surface area contributed by atoms with E-state index in [9.17, 15) is 4.79 Å². The van der Waals surface area contributed by atoms with Crippen molar-refractivity contribution in [1.82, 2.24) is 0 Å². The number of fused-ring (bicyclic) bond motifs is 3. The predicted octanol–water partition coefficient (Wildman–Crippen LogP) is 5.06. The molecule has 0 saturated heterocycles. The molecule has 0 N–H and O–H groups in total. The zero-order valence-corrected chi connectivity index (χ0v) is 15.7. The molecule has 4 atom stereocenters. The Morgan fingerprint density at radius 1 is 1.08 bits per heavy atom. The summed E-state index contributed by atoms with van der Waals surface area (Å²) in [6.45, 7) is 0. The number of carbonyl (C=O) groups is 1. The largest absolute Gasteiger partial charge is 0.497 e. The van der Waals surface area contributed by atoms with Crippen molar-refractivity contribution in [3.8, 4) is 5.75 Å². The second-order valence-electron chi connectivity index (χ2n) is 7.90. The van der Waals surface area contributed by atoms with Crippen LogP contribution in [-0.4, -0.2) is 20.5 Å². The molecular formula is C23H28O3. The molecule has 26 heavy (non-hydrogen) atoms. The van der Waals surface area contributed by atoms with Crippen LogP contribution < -0.4 is 4.74 Å². The van der Waals surface area contributed by atoms with Crippen LogP contribution in [0, 0.1) is 17.8 Å². The highest BCUT2D eigenvalue weighted by molar-refractivity contribution is 5.80. The topological polar surface area (TPSA) is 35.5 Å². The van der Waals surface area contributed by atoms with Crippen LogP contribution in [0.5, 0.6) is 5.75 Å². The predicted molar refractivity (Wildman–Crippen MR) is 103 cm³/mol. The van der Waals surface area contributed by atoms with Crippen molar-refractivity contribution in [3.63, 3.8) is 0 Å². The summed E-state index contributed by atoms with van der Waals surface area (Å²) < 4.78 is 10.9. The third-order valence-corrected chi connectivity index (χ3v) is 6.73. The van der Waals surface area contributed by atoms with Gasteiger partial charge in [0.15, 0.2) is 6.29 Å². The Morgan fingerprint density at radius 3 is 2.62 bits per heavy atom. The number of allylic oxidation sites excluding steroid dienone is 3. The number of benzene rings is 1. The van der Waals surface area contributed by atoms with E-state index in [1.54, 1.807) is 14.2 Å². The number of aldehydes is 1. The third-order valence-electron chi connectivity index (χ3n) is 6.73. The van der Waals surface area contributed by atoms with Crippen LogP contribution in [0.4, 0.5) is 0 Å². The van der Waals surface area contributed by atoms with Gasteiger partial charge in [-0.05, 0) is 84.8 Å². The Kier molecular flexibility index (Phi) is 4.88. The van der Waals surface area contributed by atoms with Crippen LogP contribution >= 0.6 is 0 Å². The molecule has 3 heteroatoms. The molecule has 3 aliphatic rings. The van der Waals surface area contributed by atoms with E-state index in [1.807, 2.05) is 0 Å². The zero-order valence-electron chi connectivity index (χ0n) is 15.7. The fraction of sp³-hybridized carbons (Fsp3) is 0.522. The van der Waals surface area contributed by atoms with E-state index in [0.717, 1.165) is 36.6 Å². The fourth-order valence-electron chi connectivity index (χ4n) is 5.47. The molecule has 1 aromatic carbocycles. The summed E-state index contributed by atoms with van der Waals surface area (Å²) in [5.41, 5.74) is 3.47. The van der Waals surface area contributed by atoms with E-state index in [2.05, 4.69) is 30.4 Å². The van der Waals surface area contributed by atoms with Gasteiger partial charge in [-0.2, -0.15) is 0 Å². The molecule has 0 amide bonds. The Balaban J connectivity index is 1.70. The van der Waals surface area contributed by atoms with Crippen LogP contribution in [0.1, 0.15) is 59.5 Å². The summed E-state index contributed by atoms with van der Waals surface area (Å²) in [7, 11) is 3.39. The molecule has 1 aromatic rings. The number of rotatable bonds is 4. The van der Waals surface area contributed by atoms with Gasteiger partial charge in [0.25, 0.3) is 0 Å². The van der Waals surface area contributed by atoms with Gasteiger partial charge >= 0.3 is 0 Å². The van der Waals surface area contributed by atoms with Crippen molar-refractivity contribution in [3.05, 3.63) is 52.8 Å². The molecule has 4 rings (SSSR count). The maximum absolute atomic E-state index is 11.5. The van der Waals surface area contributed by atoms with E-state index in [1.165, 1.54) is 36.8 Å². The second-order valence-corrected chi connectivity index (χ2v) is 7.90. The third kappa shape index (κ3) is 2.98. The molecule has 3 nitrogen and oxygen atoms in total. The lowest BCUT2D eigenvalue weighted by atomic mass is 9.59. The molecule has 1 fully saturated rings. The molecule has 138 valence electrons. The Bertz CT molecular complexity index is 746. The number of methoxy groups -OCH3 is 2. The minimum absolute atomic E-state index is 0.564. The Hall–Kier alpha value is -2.03. The molecule has 1 saturated carbocycles. The summed E-state index contributed by atoms with van der Waals surface area (Å²) in [6.07, 6.45) is 15.0. The molecule has 1 unspecified atom stereocenters. The summed E-state index contributed by atoms with van der Waals surface area (Å²) in [5.74, 6) is 4.25. The highest BCUT2D eigenvalue weighted by atomic mass is 16.5. The Morgan fingerprint density at radius 2 is 1.92 bits per heavy atom. The van der Waals surface area contributed by atoms with E-state index in [0.29, 0.717) is 23.3 Å². The molecule has 3 aliphatic carbocycles. The standard InChI is InChI=1S/C23H28O3/c1-25-18-9-7-15(8-10-18)21-12-16-11-17(14-24)23(26-2)13-22(16)20-6-4-3-5-19(20)21/h7,9-11,13-15,19-21H,3-6,8,12H2,1-2H3/t15?,19-,20+,21-/m0/s1. The number of ether oxygens (including phenoxy) is 2. The van der Waals surface area contributed by atoms with Gasteiger partial charge in [0.2, 0.25) is 0 Å².